The molecule has 0 spiro atoms. The number of benzene rings is 3. The molecule has 6 heteroatoms. The first-order valence-corrected chi connectivity index (χ1v) is 12.4. The zero-order valence-electron chi connectivity index (χ0n) is 19.6. The van der Waals surface area contributed by atoms with Crippen molar-refractivity contribution in [1.82, 2.24) is 9.88 Å². The van der Waals surface area contributed by atoms with E-state index in [1.54, 1.807) is 12.1 Å². The van der Waals surface area contributed by atoms with Crippen LogP contribution in [-0.4, -0.2) is 30.7 Å². The van der Waals surface area contributed by atoms with Crippen molar-refractivity contribution >= 4 is 28.0 Å². The van der Waals surface area contributed by atoms with E-state index in [4.69, 9.17) is 0 Å². The Balaban J connectivity index is 1.31. The molecule has 0 amide bonds. The van der Waals surface area contributed by atoms with E-state index in [1.165, 1.54) is 11.1 Å². The first-order chi connectivity index (χ1) is 17.2. The van der Waals surface area contributed by atoms with Gasteiger partial charge in [-0.3, -0.25) is 4.79 Å². The van der Waals surface area contributed by atoms with Crippen molar-refractivity contribution in [3.63, 3.8) is 0 Å². The summed E-state index contributed by atoms with van der Waals surface area (Å²) in [5.41, 5.74) is 5.80. The fourth-order valence-electron chi connectivity index (χ4n) is 5.52. The third-order valence-corrected chi connectivity index (χ3v) is 7.31. The van der Waals surface area contributed by atoms with Crippen LogP contribution in [0.1, 0.15) is 23.6 Å². The highest BCUT2D eigenvalue weighted by molar-refractivity contribution is 5.84. The van der Waals surface area contributed by atoms with Gasteiger partial charge in [0, 0.05) is 49.7 Å². The van der Waals surface area contributed by atoms with Gasteiger partial charge in [0.1, 0.15) is 5.82 Å². The lowest BCUT2D eigenvalue weighted by molar-refractivity contribution is 0.443. The van der Waals surface area contributed by atoms with Gasteiger partial charge < -0.3 is 20.1 Å². The molecule has 6 rings (SSSR count). The van der Waals surface area contributed by atoms with E-state index in [-0.39, 0.29) is 17.4 Å². The number of hydrogen-bond acceptors (Lipinski definition) is 4. The van der Waals surface area contributed by atoms with Gasteiger partial charge in [0.15, 0.2) is 0 Å². The Bertz CT molecular complexity index is 1440. The number of halogens is 1. The van der Waals surface area contributed by atoms with Gasteiger partial charge in [-0.1, -0.05) is 30.3 Å². The highest BCUT2D eigenvalue weighted by Gasteiger charge is 2.22. The highest BCUT2D eigenvalue weighted by Crippen LogP contribution is 2.32. The van der Waals surface area contributed by atoms with Crippen molar-refractivity contribution in [3.8, 4) is 0 Å². The van der Waals surface area contributed by atoms with Crippen LogP contribution in [0.4, 0.5) is 21.5 Å². The lowest BCUT2D eigenvalue weighted by Gasteiger charge is -2.29. The van der Waals surface area contributed by atoms with E-state index < -0.39 is 0 Å². The van der Waals surface area contributed by atoms with Crippen molar-refractivity contribution in [2.75, 3.05) is 36.4 Å². The molecular formula is C29H29FN4O. The Hall–Kier alpha value is -3.64. The number of fused-ring (bicyclic) bond motifs is 2. The quantitative estimate of drug-likeness (QED) is 0.441. The second-order valence-corrected chi connectivity index (χ2v) is 9.51. The molecule has 1 fully saturated rings. The predicted octanol–water partition coefficient (Wildman–Crippen LogP) is 5.02. The number of pyridine rings is 1. The molecule has 0 saturated carbocycles. The standard InChI is InChI=1S/C29H29FN4O/c30-26-18-23(9-11-27(26)33-15-13-31-14-16-33)32-24-8-5-21-7-12-29(35)34(28(21)19-24)25-10-6-20-3-1-2-4-22(20)17-25/h1-5,7-9,11-12,18-19,25,31-32H,6,10,13-17H2. The molecule has 1 atom stereocenters. The van der Waals surface area contributed by atoms with Gasteiger partial charge >= 0.3 is 0 Å². The lowest BCUT2D eigenvalue weighted by Crippen LogP contribution is -2.43. The normalized spacial score (nSPS) is 17.9. The number of anilines is 3. The van der Waals surface area contributed by atoms with E-state index >= 15 is 0 Å². The fourth-order valence-corrected chi connectivity index (χ4v) is 5.52. The maximum absolute atomic E-state index is 14.9. The maximum Gasteiger partial charge on any atom is 0.251 e. The summed E-state index contributed by atoms with van der Waals surface area (Å²) >= 11 is 0. The molecule has 0 radical (unpaired) electrons. The Labute approximate surface area is 204 Å². The Morgan fingerprint density at radius 1 is 0.886 bits per heavy atom. The summed E-state index contributed by atoms with van der Waals surface area (Å²) in [7, 11) is 0. The van der Waals surface area contributed by atoms with Crippen LogP contribution in [-0.2, 0) is 12.8 Å². The summed E-state index contributed by atoms with van der Waals surface area (Å²) < 4.78 is 16.9. The maximum atomic E-state index is 14.9. The third kappa shape index (κ3) is 4.30. The summed E-state index contributed by atoms with van der Waals surface area (Å²) in [5, 5.41) is 7.67. The minimum Gasteiger partial charge on any atom is -0.367 e. The van der Waals surface area contributed by atoms with Gasteiger partial charge in [-0.2, -0.15) is 0 Å². The van der Waals surface area contributed by atoms with Crippen molar-refractivity contribution in [2.24, 2.45) is 0 Å². The average Bonchev–Trinajstić information content (AvgIpc) is 2.89. The Morgan fingerprint density at radius 2 is 1.63 bits per heavy atom. The van der Waals surface area contributed by atoms with E-state index in [0.29, 0.717) is 11.4 Å². The molecule has 1 aliphatic heterocycles. The van der Waals surface area contributed by atoms with E-state index in [0.717, 1.165) is 62.0 Å². The molecule has 3 aromatic carbocycles. The second kappa shape index (κ2) is 9.19. The topological polar surface area (TPSA) is 49.3 Å². The average molecular weight is 469 g/mol. The Kier molecular flexibility index (Phi) is 5.74. The zero-order chi connectivity index (χ0) is 23.8. The van der Waals surface area contributed by atoms with Crippen molar-refractivity contribution in [2.45, 2.75) is 25.3 Å². The number of rotatable bonds is 4. The second-order valence-electron chi connectivity index (χ2n) is 9.51. The fraction of sp³-hybridized carbons (Fsp3) is 0.276. The summed E-state index contributed by atoms with van der Waals surface area (Å²) in [6.07, 6.45) is 2.76. The van der Waals surface area contributed by atoms with Crippen LogP contribution in [0.25, 0.3) is 10.9 Å². The molecule has 2 heterocycles. The summed E-state index contributed by atoms with van der Waals surface area (Å²) in [6, 6.07) is 23.5. The van der Waals surface area contributed by atoms with Crippen LogP contribution < -0.4 is 21.1 Å². The van der Waals surface area contributed by atoms with Crippen molar-refractivity contribution < 1.29 is 4.39 Å². The van der Waals surface area contributed by atoms with E-state index in [1.807, 2.05) is 41.0 Å². The SMILES string of the molecule is O=c1ccc2ccc(Nc3ccc(N4CCNCC4)c(F)c3)cc2n1C1CCc2ccccc2C1. The van der Waals surface area contributed by atoms with Gasteiger partial charge in [-0.05, 0) is 72.2 Å². The van der Waals surface area contributed by atoms with Gasteiger partial charge in [-0.25, -0.2) is 4.39 Å². The molecule has 1 saturated heterocycles. The number of aromatic nitrogens is 1. The number of aryl methyl sites for hydroxylation is 1. The molecule has 178 valence electrons. The smallest absolute Gasteiger partial charge is 0.251 e. The van der Waals surface area contributed by atoms with Gasteiger partial charge in [-0.15, -0.1) is 0 Å². The first-order valence-electron chi connectivity index (χ1n) is 12.4. The molecule has 35 heavy (non-hydrogen) atoms. The van der Waals surface area contributed by atoms with Crippen LogP contribution in [0, 0.1) is 5.82 Å². The molecule has 4 aromatic rings. The molecule has 1 aromatic heterocycles. The van der Waals surface area contributed by atoms with Gasteiger partial charge in [0.25, 0.3) is 5.56 Å². The minimum absolute atomic E-state index is 0.0189. The van der Waals surface area contributed by atoms with Crippen LogP contribution in [0.3, 0.4) is 0 Å². The third-order valence-electron chi connectivity index (χ3n) is 7.31. The van der Waals surface area contributed by atoms with Crippen LogP contribution in [0.5, 0.6) is 0 Å². The highest BCUT2D eigenvalue weighted by atomic mass is 19.1. The predicted molar refractivity (Wildman–Crippen MR) is 140 cm³/mol. The summed E-state index contributed by atoms with van der Waals surface area (Å²) in [6.45, 7) is 3.34. The molecular weight excluding hydrogens is 439 g/mol. The first kappa shape index (κ1) is 21.9. The minimum atomic E-state index is -0.226. The molecule has 2 N–H and O–H groups in total. The van der Waals surface area contributed by atoms with Crippen molar-refractivity contribution in [3.05, 3.63) is 100 Å². The summed E-state index contributed by atoms with van der Waals surface area (Å²) in [5.74, 6) is -0.226. The van der Waals surface area contributed by atoms with E-state index in [9.17, 15) is 9.18 Å². The molecule has 5 nitrogen and oxygen atoms in total. The number of nitrogens with zero attached hydrogens (tertiary/aromatic N) is 2. The van der Waals surface area contributed by atoms with Crippen molar-refractivity contribution in [1.29, 1.82) is 0 Å². The number of nitrogens with one attached hydrogen (secondary N) is 2. The van der Waals surface area contributed by atoms with Gasteiger partial charge in [0.2, 0.25) is 0 Å². The lowest BCUT2D eigenvalue weighted by atomic mass is 9.88. The summed E-state index contributed by atoms with van der Waals surface area (Å²) in [4.78, 5) is 15.1. The van der Waals surface area contributed by atoms with E-state index in [2.05, 4.69) is 39.8 Å². The largest absolute Gasteiger partial charge is 0.367 e. The molecule has 0 bridgehead atoms. The molecule has 2 aliphatic rings. The molecule has 1 aliphatic carbocycles. The van der Waals surface area contributed by atoms with Crippen LogP contribution in [0.2, 0.25) is 0 Å². The zero-order valence-corrected chi connectivity index (χ0v) is 19.6. The number of hydrogen-bond donors (Lipinski definition) is 2. The Morgan fingerprint density at radius 3 is 2.46 bits per heavy atom. The van der Waals surface area contributed by atoms with Gasteiger partial charge in [0.05, 0.1) is 11.2 Å². The monoisotopic (exact) mass is 468 g/mol. The van der Waals surface area contributed by atoms with Crippen LogP contribution >= 0.6 is 0 Å². The van der Waals surface area contributed by atoms with Crippen LogP contribution in [0.15, 0.2) is 77.6 Å². The molecule has 1 unspecified atom stereocenters. The number of piperazine rings is 1.